The minimum absolute atomic E-state index is 0. The predicted octanol–water partition coefficient (Wildman–Crippen LogP) is 2.46. The summed E-state index contributed by atoms with van der Waals surface area (Å²) in [6.07, 6.45) is 8.54. The van der Waals surface area contributed by atoms with Gasteiger partial charge in [0.1, 0.15) is 0 Å². The highest BCUT2D eigenvalue weighted by Crippen LogP contribution is 2.17. The highest BCUT2D eigenvalue weighted by molar-refractivity contribution is 5.85. The van der Waals surface area contributed by atoms with E-state index in [0.717, 1.165) is 6.04 Å². The summed E-state index contributed by atoms with van der Waals surface area (Å²) in [5, 5.41) is 3.44. The first-order valence-corrected chi connectivity index (χ1v) is 5.91. The van der Waals surface area contributed by atoms with Crippen molar-refractivity contribution >= 4 is 24.8 Å². The minimum Gasteiger partial charge on any atom is -0.317 e. The third-order valence-corrected chi connectivity index (χ3v) is 3.47. The molecule has 2 nitrogen and oxygen atoms in total. The molecule has 0 atom stereocenters. The number of nitrogens with zero attached hydrogens (tertiary/aromatic N) is 1. The Bertz CT molecular complexity index is 142. The lowest BCUT2D eigenvalue weighted by Gasteiger charge is -2.33. The molecule has 2 heterocycles. The maximum Gasteiger partial charge on any atom is 0.0119 e. The van der Waals surface area contributed by atoms with E-state index in [4.69, 9.17) is 0 Å². The van der Waals surface area contributed by atoms with E-state index >= 15 is 0 Å². The standard InChI is InChI=1S/C11H22N2.2ClH/c1-2-4-10-13(9-3-1)11-5-7-12-8-6-11;;/h11-12H,1-10H2;2*1H. The van der Waals surface area contributed by atoms with Crippen molar-refractivity contribution in [1.82, 2.24) is 10.2 Å². The van der Waals surface area contributed by atoms with Crippen molar-refractivity contribution in [2.24, 2.45) is 0 Å². The maximum atomic E-state index is 3.44. The van der Waals surface area contributed by atoms with Gasteiger partial charge in [-0.3, -0.25) is 0 Å². The molecule has 0 bridgehead atoms. The zero-order chi connectivity index (χ0) is 8.93. The van der Waals surface area contributed by atoms with E-state index in [2.05, 4.69) is 10.2 Å². The first-order valence-electron chi connectivity index (χ1n) is 5.91. The average Bonchev–Trinajstić information content (AvgIpc) is 2.47. The molecule has 2 aliphatic rings. The van der Waals surface area contributed by atoms with Crippen molar-refractivity contribution in [3.63, 3.8) is 0 Å². The van der Waals surface area contributed by atoms with Gasteiger partial charge in [-0.05, 0) is 51.9 Å². The van der Waals surface area contributed by atoms with Gasteiger partial charge in [-0.25, -0.2) is 0 Å². The molecular weight excluding hydrogens is 231 g/mol. The van der Waals surface area contributed by atoms with Crippen LogP contribution in [0.15, 0.2) is 0 Å². The molecular formula is C11H24Cl2N2. The Labute approximate surface area is 106 Å². The Balaban J connectivity index is 0.000000980. The van der Waals surface area contributed by atoms with Crippen molar-refractivity contribution in [3.8, 4) is 0 Å². The number of nitrogens with one attached hydrogen (secondary N) is 1. The first-order chi connectivity index (χ1) is 6.47. The molecule has 4 heteroatoms. The normalized spacial score (nSPS) is 24.8. The van der Waals surface area contributed by atoms with Crippen LogP contribution >= 0.6 is 24.8 Å². The van der Waals surface area contributed by atoms with Crippen LogP contribution in [-0.2, 0) is 0 Å². The van der Waals surface area contributed by atoms with Crippen molar-refractivity contribution in [3.05, 3.63) is 0 Å². The summed E-state index contributed by atoms with van der Waals surface area (Å²) in [4.78, 5) is 2.74. The SMILES string of the molecule is C1CCCN(C2CCNCC2)CC1.Cl.Cl. The molecule has 0 aromatic carbocycles. The van der Waals surface area contributed by atoms with Crippen LogP contribution in [0.1, 0.15) is 38.5 Å². The summed E-state index contributed by atoms with van der Waals surface area (Å²) in [6.45, 7) is 5.21. The molecule has 1 N–H and O–H groups in total. The maximum absolute atomic E-state index is 3.44. The van der Waals surface area contributed by atoms with E-state index in [0.29, 0.717) is 0 Å². The van der Waals surface area contributed by atoms with E-state index < -0.39 is 0 Å². The molecule has 0 amide bonds. The van der Waals surface area contributed by atoms with Crippen molar-refractivity contribution in [2.75, 3.05) is 26.2 Å². The van der Waals surface area contributed by atoms with Crippen LogP contribution < -0.4 is 5.32 Å². The molecule has 2 fully saturated rings. The molecule has 0 radical (unpaired) electrons. The molecule has 2 aliphatic heterocycles. The monoisotopic (exact) mass is 254 g/mol. The van der Waals surface area contributed by atoms with Gasteiger partial charge in [-0.1, -0.05) is 12.8 Å². The molecule has 0 unspecified atom stereocenters. The lowest BCUT2D eigenvalue weighted by molar-refractivity contribution is 0.168. The predicted molar refractivity (Wildman–Crippen MR) is 70.4 cm³/mol. The van der Waals surface area contributed by atoms with Gasteiger partial charge < -0.3 is 10.2 Å². The third-order valence-electron chi connectivity index (χ3n) is 3.47. The van der Waals surface area contributed by atoms with Gasteiger partial charge in [-0.15, -0.1) is 24.8 Å². The fraction of sp³-hybridized carbons (Fsp3) is 1.00. The van der Waals surface area contributed by atoms with E-state index in [1.165, 1.54) is 64.7 Å². The van der Waals surface area contributed by atoms with Crippen LogP contribution in [0.3, 0.4) is 0 Å². The van der Waals surface area contributed by atoms with Crippen molar-refractivity contribution < 1.29 is 0 Å². The topological polar surface area (TPSA) is 15.3 Å². The summed E-state index contributed by atoms with van der Waals surface area (Å²) in [7, 11) is 0. The number of rotatable bonds is 1. The molecule has 0 spiro atoms. The van der Waals surface area contributed by atoms with Gasteiger partial charge in [0.05, 0.1) is 0 Å². The molecule has 2 saturated heterocycles. The highest BCUT2D eigenvalue weighted by Gasteiger charge is 2.20. The summed E-state index contributed by atoms with van der Waals surface area (Å²) >= 11 is 0. The number of piperidine rings is 1. The van der Waals surface area contributed by atoms with Gasteiger partial charge in [0, 0.05) is 6.04 Å². The number of hydrogen-bond acceptors (Lipinski definition) is 2. The Hall–Kier alpha value is 0.500. The zero-order valence-corrected chi connectivity index (χ0v) is 11.0. The number of hydrogen-bond donors (Lipinski definition) is 1. The van der Waals surface area contributed by atoms with E-state index in [9.17, 15) is 0 Å². The van der Waals surface area contributed by atoms with Crippen LogP contribution in [0, 0.1) is 0 Å². The van der Waals surface area contributed by atoms with Crippen molar-refractivity contribution in [1.29, 1.82) is 0 Å². The Morgan fingerprint density at radius 3 is 1.87 bits per heavy atom. The Morgan fingerprint density at radius 2 is 1.33 bits per heavy atom. The number of likely N-dealkylation sites (tertiary alicyclic amines) is 1. The first kappa shape index (κ1) is 15.5. The summed E-state index contributed by atoms with van der Waals surface area (Å²) in [6, 6.07) is 0.902. The largest absolute Gasteiger partial charge is 0.317 e. The van der Waals surface area contributed by atoms with Gasteiger partial charge in [-0.2, -0.15) is 0 Å². The van der Waals surface area contributed by atoms with E-state index in [1.807, 2.05) is 0 Å². The van der Waals surface area contributed by atoms with Gasteiger partial charge in [0.2, 0.25) is 0 Å². The lowest BCUT2D eigenvalue weighted by Crippen LogP contribution is -2.43. The average molecular weight is 255 g/mol. The van der Waals surface area contributed by atoms with Gasteiger partial charge in [0.25, 0.3) is 0 Å². The van der Waals surface area contributed by atoms with Crippen LogP contribution in [-0.4, -0.2) is 37.1 Å². The quantitative estimate of drug-likeness (QED) is 0.774. The fourth-order valence-corrected chi connectivity index (χ4v) is 2.63. The number of halogens is 2. The second-order valence-corrected chi connectivity index (χ2v) is 4.43. The summed E-state index contributed by atoms with van der Waals surface area (Å²) < 4.78 is 0. The smallest absolute Gasteiger partial charge is 0.0119 e. The molecule has 0 aromatic rings. The summed E-state index contributed by atoms with van der Waals surface area (Å²) in [5.74, 6) is 0. The molecule has 92 valence electrons. The van der Waals surface area contributed by atoms with Crippen molar-refractivity contribution in [2.45, 2.75) is 44.6 Å². The van der Waals surface area contributed by atoms with Gasteiger partial charge in [0.15, 0.2) is 0 Å². The van der Waals surface area contributed by atoms with Gasteiger partial charge >= 0.3 is 0 Å². The third kappa shape index (κ3) is 4.90. The van der Waals surface area contributed by atoms with E-state index in [1.54, 1.807) is 0 Å². The Kier molecular flexibility index (Phi) is 8.92. The molecule has 0 saturated carbocycles. The molecule has 0 aliphatic carbocycles. The lowest BCUT2D eigenvalue weighted by atomic mass is 10.0. The van der Waals surface area contributed by atoms with Crippen LogP contribution in [0.5, 0.6) is 0 Å². The second kappa shape index (κ2) is 8.63. The van der Waals surface area contributed by atoms with Crippen LogP contribution in [0.25, 0.3) is 0 Å². The van der Waals surface area contributed by atoms with Crippen LogP contribution in [0.4, 0.5) is 0 Å². The minimum atomic E-state index is 0. The molecule has 0 aromatic heterocycles. The second-order valence-electron chi connectivity index (χ2n) is 4.43. The highest BCUT2D eigenvalue weighted by atomic mass is 35.5. The molecule has 2 rings (SSSR count). The Morgan fingerprint density at radius 1 is 0.800 bits per heavy atom. The van der Waals surface area contributed by atoms with E-state index in [-0.39, 0.29) is 24.8 Å². The summed E-state index contributed by atoms with van der Waals surface area (Å²) in [5.41, 5.74) is 0. The molecule has 15 heavy (non-hydrogen) atoms. The fourth-order valence-electron chi connectivity index (χ4n) is 2.63. The van der Waals surface area contributed by atoms with Crippen LogP contribution in [0.2, 0.25) is 0 Å². The zero-order valence-electron chi connectivity index (χ0n) is 9.41.